The Balaban J connectivity index is 2.43. The third-order valence-corrected chi connectivity index (χ3v) is 2.65. The van der Waals surface area contributed by atoms with Crippen LogP contribution in [0, 0.1) is 5.92 Å². The number of nitrogens with two attached hydrogens (primary N) is 1. The van der Waals surface area contributed by atoms with Gasteiger partial charge in [0.2, 0.25) is 5.89 Å². The summed E-state index contributed by atoms with van der Waals surface area (Å²) in [5.41, 5.74) is 8.25. The van der Waals surface area contributed by atoms with Crippen molar-refractivity contribution in [3.8, 4) is 0 Å². The van der Waals surface area contributed by atoms with Gasteiger partial charge in [0, 0.05) is 0 Å². The molecule has 0 radical (unpaired) electrons. The van der Waals surface area contributed by atoms with Crippen LogP contribution in [0.4, 0.5) is 0 Å². The average Bonchev–Trinajstić information content (AvgIpc) is 2.69. The molecule has 0 aliphatic rings. The fourth-order valence-electron chi connectivity index (χ4n) is 1.52. The molecule has 4 nitrogen and oxygen atoms in total. The van der Waals surface area contributed by atoms with Crippen LogP contribution in [0.15, 0.2) is 22.6 Å². The summed E-state index contributed by atoms with van der Waals surface area (Å²) in [4.78, 5) is 4.34. The van der Waals surface area contributed by atoms with Crippen LogP contribution in [-0.4, -0.2) is 10.1 Å². The Bertz CT molecular complexity index is 491. The van der Waals surface area contributed by atoms with Gasteiger partial charge in [-0.1, -0.05) is 19.9 Å². The molecule has 4 heteroatoms. The summed E-state index contributed by atoms with van der Waals surface area (Å²) in [6.07, 6.45) is 0. The number of aliphatic hydroxyl groups excluding tert-OH is 1. The minimum atomic E-state index is -0.190. The topological polar surface area (TPSA) is 72.3 Å². The van der Waals surface area contributed by atoms with Gasteiger partial charge in [0.25, 0.3) is 0 Å². The van der Waals surface area contributed by atoms with E-state index in [0.29, 0.717) is 11.5 Å². The van der Waals surface area contributed by atoms with Gasteiger partial charge in [-0.3, -0.25) is 0 Å². The first-order valence-corrected chi connectivity index (χ1v) is 5.37. The first-order valence-electron chi connectivity index (χ1n) is 5.37. The van der Waals surface area contributed by atoms with Gasteiger partial charge in [0.1, 0.15) is 5.52 Å². The van der Waals surface area contributed by atoms with Gasteiger partial charge in [-0.15, -0.1) is 0 Å². The van der Waals surface area contributed by atoms with Gasteiger partial charge in [-0.2, -0.15) is 0 Å². The predicted molar refractivity (Wildman–Crippen MR) is 61.7 cm³/mol. The van der Waals surface area contributed by atoms with Crippen molar-refractivity contribution in [1.82, 2.24) is 4.98 Å². The lowest BCUT2D eigenvalue weighted by atomic mass is 10.1. The average molecular weight is 220 g/mol. The Labute approximate surface area is 94.1 Å². The van der Waals surface area contributed by atoms with Gasteiger partial charge in [0.15, 0.2) is 5.58 Å². The Morgan fingerprint density at radius 1 is 1.44 bits per heavy atom. The summed E-state index contributed by atoms with van der Waals surface area (Å²) in [6, 6.07) is 5.25. The molecule has 3 N–H and O–H groups in total. The van der Waals surface area contributed by atoms with Crippen LogP contribution in [0.3, 0.4) is 0 Å². The lowest BCUT2D eigenvalue weighted by Gasteiger charge is -2.10. The molecule has 0 saturated carbocycles. The molecule has 1 atom stereocenters. The van der Waals surface area contributed by atoms with E-state index >= 15 is 0 Å². The maximum atomic E-state index is 9.02. The molecule has 0 saturated heterocycles. The third-order valence-electron chi connectivity index (χ3n) is 2.65. The summed E-state index contributed by atoms with van der Waals surface area (Å²) in [6.45, 7) is 4.06. The van der Waals surface area contributed by atoms with E-state index < -0.39 is 0 Å². The highest BCUT2D eigenvalue weighted by Crippen LogP contribution is 2.23. The maximum Gasteiger partial charge on any atom is 0.212 e. The zero-order valence-electron chi connectivity index (χ0n) is 9.47. The summed E-state index contributed by atoms with van der Waals surface area (Å²) >= 11 is 0. The van der Waals surface area contributed by atoms with Crippen LogP contribution >= 0.6 is 0 Å². The molecule has 1 aromatic carbocycles. The summed E-state index contributed by atoms with van der Waals surface area (Å²) in [5, 5.41) is 9.02. The molecule has 0 spiro atoms. The second kappa shape index (κ2) is 4.23. The van der Waals surface area contributed by atoms with E-state index in [1.165, 1.54) is 0 Å². The van der Waals surface area contributed by atoms with E-state index in [-0.39, 0.29) is 18.6 Å². The fraction of sp³-hybridized carbons (Fsp3) is 0.417. The summed E-state index contributed by atoms with van der Waals surface area (Å²) in [7, 11) is 0. The van der Waals surface area contributed by atoms with E-state index in [9.17, 15) is 0 Å². The van der Waals surface area contributed by atoms with Crippen LogP contribution in [0.2, 0.25) is 0 Å². The van der Waals surface area contributed by atoms with Crippen LogP contribution in [0.25, 0.3) is 11.1 Å². The monoisotopic (exact) mass is 220 g/mol. The van der Waals surface area contributed by atoms with Crippen LogP contribution in [0.1, 0.15) is 31.3 Å². The molecule has 0 amide bonds. The number of fused-ring (bicyclic) bond motifs is 1. The second-order valence-electron chi connectivity index (χ2n) is 4.28. The quantitative estimate of drug-likeness (QED) is 0.829. The van der Waals surface area contributed by atoms with Crippen molar-refractivity contribution in [2.45, 2.75) is 26.5 Å². The van der Waals surface area contributed by atoms with Crippen LogP contribution in [0.5, 0.6) is 0 Å². The van der Waals surface area contributed by atoms with Crippen molar-refractivity contribution in [1.29, 1.82) is 0 Å². The van der Waals surface area contributed by atoms with Crippen molar-refractivity contribution in [3.05, 3.63) is 29.7 Å². The highest BCUT2D eigenvalue weighted by atomic mass is 16.3. The SMILES string of the molecule is CC(C)C(N)c1nc2cc(CO)ccc2o1. The minimum absolute atomic E-state index is 0.00830. The van der Waals surface area contributed by atoms with Crippen molar-refractivity contribution in [2.75, 3.05) is 0 Å². The Hall–Kier alpha value is -1.39. The zero-order chi connectivity index (χ0) is 11.7. The number of aliphatic hydroxyl groups is 1. The minimum Gasteiger partial charge on any atom is -0.439 e. The molecule has 16 heavy (non-hydrogen) atoms. The molecule has 0 fully saturated rings. The van der Waals surface area contributed by atoms with Crippen molar-refractivity contribution in [2.24, 2.45) is 11.7 Å². The third kappa shape index (κ3) is 1.94. The van der Waals surface area contributed by atoms with Crippen molar-refractivity contribution < 1.29 is 9.52 Å². The summed E-state index contributed by atoms with van der Waals surface area (Å²) < 4.78 is 5.57. The van der Waals surface area contributed by atoms with Gasteiger partial charge in [0.05, 0.1) is 12.6 Å². The zero-order valence-corrected chi connectivity index (χ0v) is 9.47. The van der Waals surface area contributed by atoms with E-state index in [1.54, 1.807) is 0 Å². The Morgan fingerprint density at radius 3 is 2.81 bits per heavy atom. The van der Waals surface area contributed by atoms with Gasteiger partial charge < -0.3 is 15.3 Å². The smallest absolute Gasteiger partial charge is 0.212 e. The van der Waals surface area contributed by atoms with E-state index in [4.69, 9.17) is 15.3 Å². The van der Waals surface area contributed by atoms with E-state index in [0.717, 1.165) is 11.1 Å². The predicted octanol–water partition coefficient (Wildman–Crippen LogP) is 1.98. The highest BCUT2D eigenvalue weighted by Gasteiger charge is 2.17. The number of rotatable bonds is 3. The van der Waals surface area contributed by atoms with E-state index in [1.807, 2.05) is 32.0 Å². The molecular weight excluding hydrogens is 204 g/mol. The first-order chi connectivity index (χ1) is 7.61. The number of nitrogens with zero attached hydrogens (tertiary/aromatic N) is 1. The normalized spacial score (nSPS) is 13.6. The molecular formula is C12H16N2O2. The van der Waals surface area contributed by atoms with Crippen molar-refractivity contribution >= 4 is 11.1 Å². The molecule has 1 heterocycles. The molecule has 0 aliphatic carbocycles. The Kier molecular flexibility index (Phi) is 2.94. The number of benzene rings is 1. The molecule has 0 aliphatic heterocycles. The molecule has 2 aromatic rings. The molecule has 0 bridgehead atoms. The fourth-order valence-corrected chi connectivity index (χ4v) is 1.52. The van der Waals surface area contributed by atoms with Crippen LogP contribution in [-0.2, 0) is 6.61 Å². The molecule has 1 unspecified atom stereocenters. The van der Waals surface area contributed by atoms with Crippen LogP contribution < -0.4 is 5.73 Å². The number of hydrogen-bond acceptors (Lipinski definition) is 4. The number of oxazole rings is 1. The number of hydrogen-bond donors (Lipinski definition) is 2. The largest absolute Gasteiger partial charge is 0.439 e. The molecule has 1 aromatic heterocycles. The summed E-state index contributed by atoms with van der Waals surface area (Å²) in [5.74, 6) is 0.838. The lowest BCUT2D eigenvalue weighted by molar-refractivity contribution is 0.282. The molecule has 86 valence electrons. The first kappa shape index (κ1) is 11.1. The standard InChI is InChI=1S/C12H16N2O2/c1-7(2)11(13)12-14-9-5-8(6-15)3-4-10(9)16-12/h3-5,7,11,15H,6,13H2,1-2H3. The number of aromatic nitrogens is 1. The highest BCUT2D eigenvalue weighted by molar-refractivity contribution is 5.73. The maximum absolute atomic E-state index is 9.02. The van der Waals surface area contributed by atoms with Gasteiger partial charge in [-0.05, 0) is 23.6 Å². The Morgan fingerprint density at radius 2 is 2.19 bits per heavy atom. The van der Waals surface area contributed by atoms with Gasteiger partial charge >= 0.3 is 0 Å². The lowest BCUT2D eigenvalue weighted by Crippen LogP contribution is -2.16. The van der Waals surface area contributed by atoms with E-state index in [2.05, 4.69) is 4.98 Å². The molecule has 2 rings (SSSR count). The van der Waals surface area contributed by atoms with Gasteiger partial charge in [-0.25, -0.2) is 4.98 Å². The van der Waals surface area contributed by atoms with Crippen molar-refractivity contribution in [3.63, 3.8) is 0 Å². The second-order valence-corrected chi connectivity index (χ2v) is 4.28.